The molecule has 128 valence electrons. The third-order valence-electron chi connectivity index (χ3n) is 3.59. The quantitative estimate of drug-likeness (QED) is 0.456. The zero-order chi connectivity index (χ0) is 17.8. The van der Waals surface area contributed by atoms with Gasteiger partial charge in [-0.15, -0.1) is 0 Å². The Morgan fingerprint density at radius 3 is 2.60 bits per heavy atom. The lowest BCUT2D eigenvalue weighted by molar-refractivity contribution is -0.113. The fraction of sp³-hybridized carbons (Fsp3) is 0.211. The van der Waals surface area contributed by atoms with E-state index in [4.69, 9.17) is 0 Å². The van der Waals surface area contributed by atoms with Gasteiger partial charge in [0.25, 0.3) is 0 Å². The molecular weight excluding hydrogens is 398 g/mol. The van der Waals surface area contributed by atoms with Crippen LogP contribution >= 0.6 is 27.7 Å². The largest absolute Gasteiger partial charge is 0.324 e. The van der Waals surface area contributed by atoms with Crippen molar-refractivity contribution in [3.05, 3.63) is 58.8 Å². The van der Waals surface area contributed by atoms with Crippen LogP contribution in [0.3, 0.4) is 0 Å². The highest BCUT2D eigenvalue weighted by Gasteiger charge is 2.13. The Bertz CT molecular complexity index is 914. The van der Waals surface area contributed by atoms with E-state index in [9.17, 15) is 4.79 Å². The number of fused-ring (bicyclic) bond motifs is 1. The molecule has 0 fully saturated rings. The van der Waals surface area contributed by atoms with E-state index < -0.39 is 0 Å². The average Bonchev–Trinajstić information content (AvgIpc) is 2.61. The monoisotopic (exact) mass is 415 g/mol. The average molecular weight is 416 g/mol. The lowest BCUT2D eigenvalue weighted by Gasteiger charge is -2.11. The SMILES string of the molecule is CC(C)c1nc(SCC(=O)Nc2ccccc2Br)c2ccccc2n1. The van der Waals surface area contributed by atoms with Gasteiger partial charge in [0.1, 0.15) is 10.9 Å². The lowest BCUT2D eigenvalue weighted by atomic mass is 10.2. The van der Waals surface area contributed by atoms with Gasteiger partial charge in [-0.1, -0.05) is 55.9 Å². The summed E-state index contributed by atoms with van der Waals surface area (Å²) in [4.78, 5) is 21.6. The summed E-state index contributed by atoms with van der Waals surface area (Å²) in [5, 5.41) is 4.74. The standard InChI is InChI=1S/C19H18BrN3OS/c1-12(2)18-22-15-9-5-3-7-13(15)19(23-18)25-11-17(24)21-16-10-6-4-8-14(16)20/h3-10,12H,11H2,1-2H3,(H,21,24). The molecule has 3 aromatic rings. The van der Waals surface area contributed by atoms with Crippen LogP contribution in [0.1, 0.15) is 25.6 Å². The van der Waals surface area contributed by atoms with Crippen molar-refractivity contribution in [3.8, 4) is 0 Å². The van der Waals surface area contributed by atoms with Gasteiger partial charge in [0.15, 0.2) is 0 Å². The summed E-state index contributed by atoms with van der Waals surface area (Å²) in [6, 6.07) is 15.5. The number of para-hydroxylation sites is 2. The van der Waals surface area contributed by atoms with E-state index >= 15 is 0 Å². The van der Waals surface area contributed by atoms with Gasteiger partial charge in [-0.2, -0.15) is 0 Å². The van der Waals surface area contributed by atoms with Crippen molar-refractivity contribution in [3.63, 3.8) is 0 Å². The van der Waals surface area contributed by atoms with Crippen LogP contribution in [0.15, 0.2) is 58.0 Å². The molecule has 0 bridgehead atoms. The molecule has 0 saturated carbocycles. The fourth-order valence-corrected chi connectivity index (χ4v) is 3.53. The van der Waals surface area contributed by atoms with Crippen molar-refractivity contribution in [2.24, 2.45) is 0 Å². The van der Waals surface area contributed by atoms with Crippen molar-refractivity contribution >= 4 is 50.2 Å². The molecule has 2 aromatic carbocycles. The lowest BCUT2D eigenvalue weighted by Crippen LogP contribution is -2.14. The molecule has 1 aromatic heterocycles. The Morgan fingerprint density at radius 2 is 1.84 bits per heavy atom. The van der Waals surface area contributed by atoms with Gasteiger partial charge < -0.3 is 5.32 Å². The van der Waals surface area contributed by atoms with Gasteiger partial charge in [0.05, 0.1) is 17.0 Å². The predicted molar refractivity (Wildman–Crippen MR) is 107 cm³/mol. The van der Waals surface area contributed by atoms with E-state index in [-0.39, 0.29) is 11.8 Å². The van der Waals surface area contributed by atoms with Crippen LogP contribution in [0.4, 0.5) is 5.69 Å². The number of aromatic nitrogens is 2. The minimum Gasteiger partial charge on any atom is -0.324 e. The number of thioether (sulfide) groups is 1. The van der Waals surface area contributed by atoms with Gasteiger partial charge in [-0.25, -0.2) is 9.97 Å². The molecule has 0 unspecified atom stereocenters. The molecule has 0 saturated heterocycles. The summed E-state index contributed by atoms with van der Waals surface area (Å²) >= 11 is 4.87. The Balaban J connectivity index is 1.78. The van der Waals surface area contributed by atoms with Crippen LogP contribution < -0.4 is 5.32 Å². The molecule has 25 heavy (non-hydrogen) atoms. The van der Waals surface area contributed by atoms with E-state index in [1.165, 1.54) is 11.8 Å². The first-order valence-electron chi connectivity index (χ1n) is 7.98. The highest BCUT2D eigenvalue weighted by molar-refractivity contribution is 9.10. The predicted octanol–water partition coefficient (Wildman–Crippen LogP) is 5.25. The van der Waals surface area contributed by atoms with Gasteiger partial charge in [0, 0.05) is 15.8 Å². The second-order valence-electron chi connectivity index (χ2n) is 5.88. The number of amides is 1. The molecule has 0 aliphatic carbocycles. The second kappa shape index (κ2) is 7.97. The number of nitrogens with zero attached hydrogens (tertiary/aromatic N) is 2. The number of nitrogens with one attached hydrogen (secondary N) is 1. The van der Waals surface area contributed by atoms with Gasteiger partial charge in [0.2, 0.25) is 5.91 Å². The van der Waals surface area contributed by atoms with Gasteiger partial charge in [-0.3, -0.25) is 4.79 Å². The first-order valence-corrected chi connectivity index (χ1v) is 9.76. The number of carbonyl (C=O) groups excluding carboxylic acids is 1. The maximum Gasteiger partial charge on any atom is 0.234 e. The number of hydrogen-bond donors (Lipinski definition) is 1. The number of carbonyl (C=O) groups is 1. The summed E-state index contributed by atoms with van der Waals surface area (Å²) in [5.41, 5.74) is 1.68. The number of benzene rings is 2. The molecular formula is C19H18BrN3OS. The third-order valence-corrected chi connectivity index (χ3v) is 5.27. The van der Waals surface area contributed by atoms with Crippen LogP contribution in [0.2, 0.25) is 0 Å². The molecule has 0 aliphatic heterocycles. The Hall–Kier alpha value is -1.92. The first kappa shape index (κ1) is 17.9. The molecule has 6 heteroatoms. The number of anilines is 1. The minimum absolute atomic E-state index is 0.0642. The molecule has 1 amide bonds. The van der Waals surface area contributed by atoms with E-state index in [0.717, 1.165) is 31.9 Å². The van der Waals surface area contributed by atoms with Crippen molar-refractivity contribution in [1.82, 2.24) is 9.97 Å². The maximum absolute atomic E-state index is 12.3. The highest BCUT2D eigenvalue weighted by Crippen LogP contribution is 2.27. The number of hydrogen-bond acceptors (Lipinski definition) is 4. The fourth-order valence-electron chi connectivity index (χ4n) is 2.32. The number of halogens is 1. The summed E-state index contributed by atoms with van der Waals surface area (Å²) < 4.78 is 0.864. The summed E-state index contributed by atoms with van der Waals surface area (Å²) in [6.07, 6.45) is 0. The topological polar surface area (TPSA) is 54.9 Å². The van der Waals surface area contributed by atoms with Crippen molar-refractivity contribution in [2.45, 2.75) is 24.8 Å². The van der Waals surface area contributed by atoms with E-state index in [1.54, 1.807) is 0 Å². The summed E-state index contributed by atoms with van der Waals surface area (Å²) in [6.45, 7) is 4.14. The zero-order valence-corrected chi connectivity index (χ0v) is 16.4. The smallest absolute Gasteiger partial charge is 0.234 e. The molecule has 3 rings (SSSR count). The molecule has 0 aliphatic rings. The van der Waals surface area contributed by atoms with Crippen molar-refractivity contribution < 1.29 is 4.79 Å². The molecule has 0 radical (unpaired) electrons. The normalized spacial score (nSPS) is 11.0. The van der Waals surface area contributed by atoms with Gasteiger partial charge in [-0.05, 0) is 34.1 Å². The minimum atomic E-state index is -0.0642. The van der Waals surface area contributed by atoms with E-state index in [1.807, 2.05) is 48.5 Å². The Morgan fingerprint density at radius 1 is 1.12 bits per heavy atom. The summed E-state index contributed by atoms with van der Waals surface area (Å²) in [5.74, 6) is 1.26. The zero-order valence-electron chi connectivity index (χ0n) is 14.0. The molecule has 0 atom stereocenters. The summed E-state index contributed by atoms with van der Waals surface area (Å²) in [7, 11) is 0. The Labute approximate surface area is 159 Å². The van der Waals surface area contributed by atoms with E-state index in [0.29, 0.717) is 5.75 Å². The van der Waals surface area contributed by atoms with Crippen molar-refractivity contribution in [2.75, 3.05) is 11.1 Å². The van der Waals surface area contributed by atoms with E-state index in [2.05, 4.69) is 45.1 Å². The second-order valence-corrected chi connectivity index (χ2v) is 7.69. The van der Waals surface area contributed by atoms with Crippen LogP contribution in [0.25, 0.3) is 10.9 Å². The third kappa shape index (κ3) is 4.38. The highest BCUT2D eigenvalue weighted by atomic mass is 79.9. The molecule has 4 nitrogen and oxygen atoms in total. The Kier molecular flexibility index (Phi) is 5.71. The van der Waals surface area contributed by atoms with Crippen LogP contribution in [-0.2, 0) is 4.79 Å². The van der Waals surface area contributed by atoms with Crippen LogP contribution in [0, 0.1) is 0 Å². The van der Waals surface area contributed by atoms with Gasteiger partial charge >= 0.3 is 0 Å². The molecule has 1 heterocycles. The van der Waals surface area contributed by atoms with Crippen molar-refractivity contribution in [1.29, 1.82) is 0 Å². The number of rotatable bonds is 5. The van der Waals surface area contributed by atoms with Crippen LogP contribution in [-0.4, -0.2) is 21.6 Å². The first-order chi connectivity index (χ1) is 12.0. The molecule has 1 N–H and O–H groups in total. The maximum atomic E-state index is 12.3. The van der Waals surface area contributed by atoms with Crippen LogP contribution in [0.5, 0.6) is 0 Å². The molecule has 0 spiro atoms.